The van der Waals surface area contributed by atoms with Gasteiger partial charge in [-0.1, -0.05) is 62.4 Å². The minimum Gasteiger partial charge on any atom is -0.453 e. The average Bonchev–Trinajstić information content (AvgIpc) is 4.14. The zero-order valence-corrected chi connectivity index (χ0v) is 35.9. The van der Waals surface area contributed by atoms with Gasteiger partial charge >= 0.3 is 12.2 Å². The van der Waals surface area contributed by atoms with Crippen LogP contribution in [0, 0.1) is 11.8 Å². The molecule has 15 heteroatoms. The first-order valence-corrected chi connectivity index (χ1v) is 22.4. The van der Waals surface area contributed by atoms with Crippen molar-refractivity contribution >= 4 is 46.5 Å². The van der Waals surface area contributed by atoms with E-state index in [2.05, 4.69) is 81.3 Å². The molecule has 3 fully saturated rings. The van der Waals surface area contributed by atoms with Gasteiger partial charge in [0.15, 0.2) is 0 Å². The molecular weight excluding hydrogens is 793 g/mol. The molecule has 3 aliphatic heterocycles. The second-order valence-corrected chi connectivity index (χ2v) is 17.7. The summed E-state index contributed by atoms with van der Waals surface area (Å²) in [6.07, 6.45) is 7.52. The highest BCUT2D eigenvalue weighted by Gasteiger charge is 2.40. The number of H-pyrrole nitrogens is 2. The second-order valence-electron chi connectivity index (χ2n) is 16.5. The van der Waals surface area contributed by atoms with Gasteiger partial charge in [0.1, 0.15) is 23.7 Å². The summed E-state index contributed by atoms with van der Waals surface area (Å²) in [6, 6.07) is 19.5. The molecule has 0 aliphatic carbocycles. The van der Waals surface area contributed by atoms with Gasteiger partial charge in [-0.15, -0.1) is 0 Å². The van der Waals surface area contributed by atoms with Gasteiger partial charge < -0.3 is 39.9 Å². The van der Waals surface area contributed by atoms with E-state index in [1.807, 2.05) is 47.8 Å². The maximum Gasteiger partial charge on any atom is 0.407 e. The van der Waals surface area contributed by atoms with Gasteiger partial charge in [-0.25, -0.2) is 19.6 Å². The van der Waals surface area contributed by atoms with Crippen molar-refractivity contribution in [2.24, 2.45) is 11.8 Å². The summed E-state index contributed by atoms with van der Waals surface area (Å²) >= 11 is 1.89. The predicted molar refractivity (Wildman–Crippen MR) is 235 cm³/mol. The molecule has 3 saturated heterocycles. The van der Waals surface area contributed by atoms with Crippen molar-refractivity contribution in [1.29, 1.82) is 0 Å². The monoisotopic (exact) mass is 846 g/mol. The number of alkyl carbamates (subject to hydrolysis) is 2. The highest BCUT2D eigenvalue weighted by Crippen LogP contribution is 2.37. The number of fused-ring (bicyclic) bond motifs is 1. The van der Waals surface area contributed by atoms with Crippen LogP contribution in [0.4, 0.5) is 9.59 Å². The number of carbonyl (C=O) groups is 4. The van der Waals surface area contributed by atoms with E-state index in [9.17, 15) is 19.2 Å². The van der Waals surface area contributed by atoms with E-state index in [0.29, 0.717) is 13.1 Å². The van der Waals surface area contributed by atoms with Crippen LogP contribution in [0.5, 0.6) is 0 Å². The van der Waals surface area contributed by atoms with Crippen LogP contribution in [0.15, 0.2) is 73.1 Å². The number of aromatic nitrogens is 4. The first-order valence-electron chi connectivity index (χ1n) is 21.2. The van der Waals surface area contributed by atoms with Gasteiger partial charge in [0, 0.05) is 18.7 Å². The van der Waals surface area contributed by atoms with Crippen molar-refractivity contribution in [3.63, 3.8) is 0 Å². The van der Waals surface area contributed by atoms with Crippen LogP contribution >= 0.6 is 11.8 Å². The van der Waals surface area contributed by atoms with E-state index in [1.54, 1.807) is 0 Å². The number of aromatic amines is 2. The van der Waals surface area contributed by atoms with Gasteiger partial charge in [-0.05, 0) is 101 Å². The van der Waals surface area contributed by atoms with Crippen molar-refractivity contribution in [3.8, 4) is 33.6 Å². The fourth-order valence-corrected chi connectivity index (χ4v) is 10.2. The van der Waals surface area contributed by atoms with Crippen molar-refractivity contribution in [3.05, 3.63) is 84.7 Å². The molecule has 5 heterocycles. The molecule has 3 aromatic carbocycles. The number of nitrogens with zero attached hydrogens (tertiary/aromatic N) is 4. The Bertz CT molecular complexity index is 2370. The number of ether oxygens (including phenoxy) is 2. The van der Waals surface area contributed by atoms with Crippen molar-refractivity contribution < 1.29 is 28.7 Å². The maximum absolute atomic E-state index is 14.0. The summed E-state index contributed by atoms with van der Waals surface area (Å²) in [5.41, 5.74) is 5.93. The molecule has 61 heavy (non-hydrogen) atoms. The molecule has 0 radical (unpaired) electrons. The number of methoxy groups -OCH3 is 2. The van der Waals surface area contributed by atoms with Gasteiger partial charge in [0.05, 0.1) is 50.1 Å². The molecule has 0 bridgehead atoms. The number of nitrogens with one attached hydrogen (secondary N) is 4. The minimum atomic E-state index is -0.688. The number of thioether (sulfide) groups is 1. The zero-order chi connectivity index (χ0) is 42.6. The van der Waals surface area contributed by atoms with Crippen LogP contribution in [0.2, 0.25) is 0 Å². The number of benzene rings is 3. The fraction of sp³-hybridized carbons (Fsp3) is 0.435. The Morgan fingerprint density at radius 3 is 1.77 bits per heavy atom. The molecule has 2 aromatic heterocycles. The van der Waals surface area contributed by atoms with Gasteiger partial charge in [0.25, 0.3) is 0 Å². The number of carbonyl (C=O) groups excluding carboxylic acids is 4. The molecular formula is C46H54N8O6S. The summed E-state index contributed by atoms with van der Waals surface area (Å²) in [6.45, 7) is 5.03. The largest absolute Gasteiger partial charge is 0.453 e. The van der Waals surface area contributed by atoms with E-state index >= 15 is 0 Å². The Balaban J connectivity index is 0.935. The van der Waals surface area contributed by atoms with Crippen molar-refractivity contribution in [2.75, 3.05) is 38.8 Å². The summed E-state index contributed by atoms with van der Waals surface area (Å²) in [4.78, 5) is 72.1. The quantitative estimate of drug-likeness (QED) is 0.103. The average molecular weight is 847 g/mol. The van der Waals surface area contributed by atoms with Crippen LogP contribution in [0.1, 0.15) is 76.1 Å². The van der Waals surface area contributed by atoms with Crippen LogP contribution < -0.4 is 10.6 Å². The Morgan fingerprint density at radius 2 is 1.18 bits per heavy atom. The molecule has 0 saturated carbocycles. The Morgan fingerprint density at radius 1 is 0.672 bits per heavy atom. The molecule has 4 atom stereocenters. The number of hydrogen-bond acceptors (Lipinski definition) is 9. The first kappa shape index (κ1) is 41.9. The fourth-order valence-electron chi connectivity index (χ4n) is 9.04. The molecule has 8 rings (SSSR count). The molecule has 5 aromatic rings. The normalized spacial score (nSPS) is 19.2. The molecule has 3 aliphatic rings. The van der Waals surface area contributed by atoms with Gasteiger partial charge in [-0.3, -0.25) is 9.59 Å². The topological polar surface area (TPSA) is 175 Å². The number of amides is 4. The molecule has 14 nitrogen and oxygen atoms in total. The molecule has 4 N–H and O–H groups in total. The number of rotatable bonds is 11. The molecule has 320 valence electrons. The van der Waals surface area contributed by atoms with E-state index in [1.165, 1.54) is 14.2 Å². The lowest BCUT2D eigenvalue weighted by molar-refractivity contribution is -0.136. The summed E-state index contributed by atoms with van der Waals surface area (Å²) in [5, 5.41) is 7.77. The number of likely N-dealkylation sites (tertiary alicyclic amines) is 2. The highest BCUT2D eigenvalue weighted by atomic mass is 32.2. The molecule has 4 amide bonds. The van der Waals surface area contributed by atoms with E-state index in [4.69, 9.17) is 19.4 Å². The summed E-state index contributed by atoms with van der Waals surface area (Å²) < 4.78 is 9.67. The Kier molecular flexibility index (Phi) is 12.7. The predicted octanol–water partition coefficient (Wildman–Crippen LogP) is 7.86. The molecule has 0 spiro atoms. The maximum atomic E-state index is 14.0. The van der Waals surface area contributed by atoms with Crippen LogP contribution in [-0.4, -0.2) is 105 Å². The Labute approximate surface area is 359 Å². The van der Waals surface area contributed by atoms with Crippen molar-refractivity contribution in [1.82, 2.24) is 40.4 Å². The SMILES string of the molecule is COC(=O)N[C@H](C(=O)N1CCC[C@H]1c1ncc(-c2ccc3cc(-c4ccc(-c5cnc(C6CCCN6C(=O)[C@@H](NC(=O)OC)C6CCSCC6)[nH]5)cc4)ccc3c2)[nH]1)C(C)C. The summed E-state index contributed by atoms with van der Waals surface area (Å²) in [5.74, 6) is 3.21. The third kappa shape index (κ3) is 8.97. The number of hydrogen-bond donors (Lipinski definition) is 4. The number of imidazole rings is 2. The van der Waals surface area contributed by atoms with E-state index in [-0.39, 0.29) is 35.7 Å². The van der Waals surface area contributed by atoms with Gasteiger partial charge in [0.2, 0.25) is 11.8 Å². The van der Waals surface area contributed by atoms with E-state index in [0.717, 1.165) is 106 Å². The smallest absolute Gasteiger partial charge is 0.407 e. The molecule has 1 unspecified atom stereocenters. The van der Waals surface area contributed by atoms with Gasteiger partial charge in [-0.2, -0.15) is 11.8 Å². The van der Waals surface area contributed by atoms with Crippen LogP contribution in [0.25, 0.3) is 44.4 Å². The Hall–Kier alpha value is -5.83. The highest BCUT2D eigenvalue weighted by molar-refractivity contribution is 7.99. The third-order valence-electron chi connectivity index (χ3n) is 12.4. The lowest BCUT2D eigenvalue weighted by Gasteiger charge is -2.34. The standard InChI is InChI=1S/C46H54N8O6S/c1-27(2)39(51-45(57)59-3)43(55)53-19-5-7-37(53)42-48-26-36(50-42)34-16-15-32-23-31(13-14-33(32)24-34)28-9-11-29(12-10-28)35-25-47-41(49-35)38-8-6-20-54(38)44(56)40(52-46(58)60-4)30-17-21-61-22-18-30/h9-16,23-27,30,37-40H,5-8,17-22H2,1-4H3,(H,47,49)(H,48,50)(H,51,57)(H,52,58)/t37-,38?,39-,40-/m0/s1. The third-order valence-corrected chi connectivity index (χ3v) is 13.5. The van der Waals surface area contributed by atoms with E-state index < -0.39 is 24.3 Å². The first-order chi connectivity index (χ1) is 29.6. The lowest BCUT2D eigenvalue weighted by Crippen LogP contribution is -2.52. The second kappa shape index (κ2) is 18.4. The van der Waals surface area contributed by atoms with Crippen molar-refractivity contribution in [2.45, 2.75) is 76.5 Å². The van der Waals surface area contributed by atoms with Crippen LogP contribution in [-0.2, 0) is 19.1 Å². The summed E-state index contributed by atoms with van der Waals surface area (Å²) in [7, 11) is 2.62. The van der Waals surface area contributed by atoms with Crippen LogP contribution in [0.3, 0.4) is 0 Å². The minimum absolute atomic E-state index is 0.0667. The lowest BCUT2D eigenvalue weighted by atomic mass is 9.92. The zero-order valence-electron chi connectivity index (χ0n) is 35.1.